The molecule has 3 aliphatic rings. The van der Waals surface area contributed by atoms with Gasteiger partial charge < -0.3 is 24.3 Å². The fourth-order valence-corrected chi connectivity index (χ4v) is 3.51. The number of carbonyl (C=O) groups excluding carboxylic acids is 2. The van der Waals surface area contributed by atoms with Gasteiger partial charge in [0, 0.05) is 12.0 Å². The summed E-state index contributed by atoms with van der Waals surface area (Å²) < 4.78 is 21.4. The minimum atomic E-state index is -0.769. The molecule has 2 aliphatic heterocycles. The summed E-state index contributed by atoms with van der Waals surface area (Å²) in [5, 5.41) is 2.66. The number of alkyl carbamates (subject to hydrolysis) is 1. The van der Waals surface area contributed by atoms with Crippen LogP contribution in [0.4, 0.5) is 4.79 Å². The van der Waals surface area contributed by atoms with E-state index in [2.05, 4.69) is 5.32 Å². The molecule has 5 atom stereocenters. The van der Waals surface area contributed by atoms with E-state index in [1.54, 1.807) is 0 Å². The summed E-state index contributed by atoms with van der Waals surface area (Å²) in [7, 11) is 1.34. The summed E-state index contributed by atoms with van der Waals surface area (Å²) in [4.78, 5) is 23.7. The zero-order valence-electron chi connectivity index (χ0n) is 13.1. The third kappa shape index (κ3) is 2.33. The minimum Gasteiger partial charge on any atom is -0.466 e. The molecule has 1 saturated carbocycles. The molecule has 22 heavy (non-hydrogen) atoms. The lowest BCUT2D eigenvalue weighted by Crippen LogP contribution is -2.45. The molecular formula is C15H21NO6. The lowest BCUT2D eigenvalue weighted by atomic mass is 9.82. The summed E-state index contributed by atoms with van der Waals surface area (Å²) in [5.74, 6) is -0.707. The number of ether oxygens (including phenoxy) is 4. The fourth-order valence-electron chi connectivity index (χ4n) is 3.51. The highest BCUT2D eigenvalue weighted by Gasteiger charge is 2.71. The number of methoxy groups -OCH3 is 1. The van der Waals surface area contributed by atoms with Gasteiger partial charge in [0.2, 0.25) is 0 Å². The standard InChI is InChI=1S/C15H21NO6/c1-7(2)16-14(18)21-13-11-8(5-10-15(11,3)22-10)9(6-20-13)12(17)19-4/h6-8,10-11,13H,5H2,1-4H3,(H,16,18). The maximum absolute atomic E-state index is 11.9. The van der Waals surface area contributed by atoms with E-state index in [4.69, 9.17) is 18.9 Å². The van der Waals surface area contributed by atoms with E-state index >= 15 is 0 Å². The lowest BCUT2D eigenvalue weighted by Gasteiger charge is -2.35. The molecule has 1 saturated heterocycles. The van der Waals surface area contributed by atoms with Crippen LogP contribution in [0.3, 0.4) is 0 Å². The number of rotatable bonds is 3. The molecule has 0 bridgehead atoms. The summed E-state index contributed by atoms with van der Waals surface area (Å²) in [5.41, 5.74) is 0.0645. The molecule has 0 aromatic carbocycles. The molecule has 1 aliphatic carbocycles. The van der Waals surface area contributed by atoms with Gasteiger partial charge >= 0.3 is 12.1 Å². The fraction of sp³-hybridized carbons (Fsp3) is 0.733. The van der Waals surface area contributed by atoms with Crippen LogP contribution in [-0.4, -0.2) is 43.2 Å². The van der Waals surface area contributed by atoms with Crippen molar-refractivity contribution in [2.24, 2.45) is 11.8 Å². The highest BCUT2D eigenvalue weighted by atomic mass is 16.7. The molecule has 7 heteroatoms. The Hall–Kier alpha value is -1.76. The Bertz CT molecular complexity index is 530. The van der Waals surface area contributed by atoms with Gasteiger partial charge in [-0.15, -0.1) is 0 Å². The van der Waals surface area contributed by atoms with Crippen LogP contribution in [0.5, 0.6) is 0 Å². The van der Waals surface area contributed by atoms with Crippen LogP contribution in [0.2, 0.25) is 0 Å². The van der Waals surface area contributed by atoms with Gasteiger partial charge in [-0.25, -0.2) is 9.59 Å². The molecule has 0 radical (unpaired) electrons. The first-order valence-electron chi connectivity index (χ1n) is 7.45. The quantitative estimate of drug-likeness (QED) is 0.625. The summed E-state index contributed by atoms with van der Waals surface area (Å²) in [6.45, 7) is 5.65. The molecule has 0 aromatic rings. The Morgan fingerprint density at radius 2 is 2.18 bits per heavy atom. The zero-order valence-corrected chi connectivity index (χ0v) is 13.1. The first-order valence-corrected chi connectivity index (χ1v) is 7.45. The Morgan fingerprint density at radius 3 is 2.82 bits per heavy atom. The van der Waals surface area contributed by atoms with Crippen molar-refractivity contribution in [1.82, 2.24) is 5.32 Å². The van der Waals surface area contributed by atoms with Gasteiger partial charge in [-0.2, -0.15) is 0 Å². The van der Waals surface area contributed by atoms with Crippen molar-refractivity contribution in [1.29, 1.82) is 0 Å². The van der Waals surface area contributed by atoms with Crippen molar-refractivity contribution in [3.63, 3.8) is 0 Å². The largest absolute Gasteiger partial charge is 0.466 e. The van der Waals surface area contributed by atoms with E-state index in [1.807, 2.05) is 20.8 Å². The monoisotopic (exact) mass is 311 g/mol. The molecule has 0 aromatic heterocycles. The van der Waals surface area contributed by atoms with E-state index in [0.717, 1.165) is 0 Å². The maximum Gasteiger partial charge on any atom is 0.410 e. The van der Waals surface area contributed by atoms with E-state index in [9.17, 15) is 9.59 Å². The van der Waals surface area contributed by atoms with Gasteiger partial charge in [0.15, 0.2) is 0 Å². The molecule has 7 nitrogen and oxygen atoms in total. The van der Waals surface area contributed by atoms with Crippen LogP contribution in [0.15, 0.2) is 11.8 Å². The van der Waals surface area contributed by atoms with Gasteiger partial charge in [0.05, 0.1) is 31.0 Å². The number of carbonyl (C=O) groups is 2. The van der Waals surface area contributed by atoms with Crippen LogP contribution in [-0.2, 0) is 23.7 Å². The normalized spacial score (nSPS) is 38.3. The molecule has 2 heterocycles. The molecule has 122 valence electrons. The van der Waals surface area contributed by atoms with Gasteiger partial charge in [-0.05, 0) is 27.2 Å². The lowest BCUT2D eigenvalue weighted by molar-refractivity contribution is -0.150. The van der Waals surface area contributed by atoms with E-state index < -0.39 is 24.0 Å². The predicted octanol–water partition coefficient (Wildman–Crippen LogP) is 1.33. The summed E-state index contributed by atoms with van der Waals surface area (Å²) in [6, 6.07) is -0.0304. The number of esters is 1. The number of nitrogens with one attached hydrogen (secondary N) is 1. The Kier molecular flexibility index (Phi) is 3.55. The minimum absolute atomic E-state index is 0.0304. The van der Waals surface area contributed by atoms with Crippen LogP contribution in [0, 0.1) is 11.8 Å². The number of hydrogen-bond donors (Lipinski definition) is 1. The van der Waals surface area contributed by atoms with E-state index in [1.165, 1.54) is 13.4 Å². The number of hydrogen-bond acceptors (Lipinski definition) is 6. The average molecular weight is 311 g/mol. The van der Waals surface area contributed by atoms with Crippen molar-refractivity contribution in [3.05, 3.63) is 11.8 Å². The van der Waals surface area contributed by atoms with Gasteiger partial charge in [-0.3, -0.25) is 0 Å². The molecule has 1 amide bonds. The smallest absolute Gasteiger partial charge is 0.410 e. The second-order valence-corrected chi connectivity index (χ2v) is 6.43. The van der Waals surface area contributed by atoms with Crippen LogP contribution >= 0.6 is 0 Å². The first-order chi connectivity index (χ1) is 10.4. The van der Waals surface area contributed by atoms with Crippen LogP contribution < -0.4 is 5.32 Å². The van der Waals surface area contributed by atoms with Crippen molar-refractivity contribution in [2.75, 3.05) is 7.11 Å². The summed E-state index contributed by atoms with van der Waals surface area (Å²) >= 11 is 0. The zero-order chi connectivity index (χ0) is 16.1. The second kappa shape index (κ2) is 5.15. The highest BCUT2D eigenvalue weighted by molar-refractivity contribution is 5.89. The van der Waals surface area contributed by atoms with E-state index in [-0.39, 0.29) is 24.0 Å². The van der Waals surface area contributed by atoms with Crippen molar-refractivity contribution >= 4 is 12.1 Å². The van der Waals surface area contributed by atoms with Crippen LogP contribution in [0.1, 0.15) is 27.2 Å². The predicted molar refractivity (Wildman–Crippen MR) is 74.6 cm³/mol. The van der Waals surface area contributed by atoms with Crippen molar-refractivity contribution in [3.8, 4) is 0 Å². The van der Waals surface area contributed by atoms with Crippen molar-refractivity contribution in [2.45, 2.75) is 51.2 Å². The Balaban J connectivity index is 1.79. The highest BCUT2D eigenvalue weighted by Crippen LogP contribution is 2.60. The third-order valence-electron chi connectivity index (χ3n) is 4.61. The molecule has 3 rings (SSSR count). The topological polar surface area (TPSA) is 86.4 Å². The molecule has 5 unspecified atom stereocenters. The van der Waals surface area contributed by atoms with Gasteiger partial charge in [0.25, 0.3) is 6.29 Å². The summed E-state index contributed by atoms with van der Waals surface area (Å²) in [6.07, 6.45) is 0.818. The molecule has 2 fully saturated rings. The SMILES string of the molecule is COC(=O)C1=COC(OC(=O)NC(C)C)C2C1CC1OC12C. The molecule has 1 N–H and O–H groups in total. The third-order valence-corrected chi connectivity index (χ3v) is 4.61. The Morgan fingerprint density at radius 1 is 1.45 bits per heavy atom. The number of epoxide rings is 1. The molecular weight excluding hydrogens is 290 g/mol. The van der Waals surface area contributed by atoms with Crippen molar-refractivity contribution < 1.29 is 28.5 Å². The Labute approximate surface area is 128 Å². The average Bonchev–Trinajstić information content (AvgIpc) is 2.99. The van der Waals surface area contributed by atoms with Crippen LogP contribution in [0.25, 0.3) is 0 Å². The van der Waals surface area contributed by atoms with Gasteiger partial charge in [0.1, 0.15) is 5.60 Å². The number of amides is 1. The first kappa shape index (κ1) is 15.1. The molecule has 0 spiro atoms. The maximum atomic E-state index is 11.9. The van der Waals surface area contributed by atoms with E-state index in [0.29, 0.717) is 12.0 Å². The number of fused-ring (bicyclic) bond motifs is 3. The second-order valence-electron chi connectivity index (χ2n) is 6.43. The van der Waals surface area contributed by atoms with Gasteiger partial charge in [-0.1, -0.05) is 0 Å².